The van der Waals surface area contributed by atoms with E-state index in [4.69, 9.17) is 23.7 Å². The van der Waals surface area contributed by atoms with Crippen LogP contribution in [0.2, 0.25) is 0 Å². The Morgan fingerprint density at radius 3 is 2.08 bits per heavy atom. The molecule has 2 saturated carbocycles. The Kier molecular flexibility index (Phi) is 12.5. The first-order valence-electron chi connectivity index (χ1n) is 20.6. The molecule has 4 N–H and O–H groups in total. The normalized spacial score (nSPS) is 31.6. The van der Waals surface area contributed by atoms with E-state index in [2.05, 4.69) is 27.9 Å². The number of aliphatic hydroxyl groups excluding tert-OH is 2. The molecule has 2 bridgehead atoms. The van der Waals surface area contributed by atoms with Crippen LogP contribution in [0.1, 0.15) is 86.7 Å². The maximum absolute atomic E-state index is 15.5. The van der Waals surface area contributed by atoms with E-state index in [0.29, 0.717) is 5.56 Å². The Morgan fingerprint density at radius 2 is 1.51 bits per heavy atom. The van der Waals surface area contributed by atoms with E-state index in [1.54, 1.807) is 86.6 Å². The van der Waals surface area contributed by atoms with Crippen molar-refractivity contribution in [1.29, 1.82) is 0 Å². The minimum Gasteiger partial charge on any atom is -0.456 e. The largest absolute Gasteiger partial charge is 0.456 e. The maximum atomic E-state index is 15.5. The molecule has 334 valence electrons. The zero-order valence-corrected chi connectivity index (χ0v) is 37.7. The fourth-order valence-electron chi connectivity index (χ4n) is 10.2. The summed E-state index contributed by atoms with van der Waals surface area (Å²) in [6.07, 6.45) is -10.5. The lowest BCUT2D eigenvalue weighted by Crippen LogP contribution is -2.82. The number of nitrogens with one attached hydrogen (secondary N) is 1. The highest BCUT2D eigenvalue weighted by Crippen LogP contribution is 2.64. The molecule has 63 heavy (non-hydrogen) atoms. The Balaban J connectivity index is 1.39. The van der Waals surface area contributed by atoms with Gasteiger partial charge in [0, 0.05) is 41.2 Å². The Morgan fingerprint density at radius 1 is 0.873 bits per heavy atom. The molecule has 1 aliphatic heterocycles. The van der Waals surface area contributed by atoms with E-state index < -0.39 is 113 Å². The first kappa shape index (κ1) is 46.0. The number of Topliss-reactive ketones (excluding diaryl/α,β-unsaturated/α-hetero) is 1. The zero-order chi connectivity index (χ0) is 45.8. The van der Waals surface area contributed by atoms with Gasteiger partial charge in [0.1, 0.15) is 23.9 Å². The molecule has 0 radical (unpaired) electrons. The van der Waals surface area contributed by atoms with Crippen LogP contribution in [0.3, 0.4) is 0 Å². The number of fused-ring (bicyclic) bond motifs is 5. The molecule has 7 rings (SSSR count). The number of rotatable bonds is 10. The molecule has 3 aromatic carbocycles. The van der Waals surface area contributed by atoms with Crippen LogP contribution in [0.4, 0.5) is 0 Å². The van der Waals surface area contributed by atoms with Crippen LogP contribution in [0, 0.1) is 20.3 Å². The molecule has 0 unspecified atom stereocenters. The van der Waals surface area contributed by atoms with Gasteiger partial charge in [0.25, 0.3) is 5.91 Å². The Bertz CT molecular complexity index is 2350. The van der Waals surface area contributed by atoms with Crippen molar-refractivity contribution in [2.24, 2.45) is 16.7 Å². The van der Waals surface area contributed by atoms with Gasteiger partial charge in [0.05, 0.1) is 35.6 Å². The fraction of sp³-hybridized carbons (Fsp3) is 0.447. The minimum absolute atomic E-state index is 0.00330. The predicted octanol–water partition coefficient (Wildman–Crippen LogP) is 4.34. The second-order valence-corrected chi connectivity index (χ2v) is 18.7. The van der Waals surface area contributed by atoms with E-state index in [9.17, 15) is 39.3 Å². The molecule has 1 amide bonds. The summed E-state index contributed by atoms with van der Waals surface area (Å²) >= 11 is 2.06. The van der Waals surface area contributed by atoms with E-state index in [-0.39, 0.29) is 35.3 Å². The van der Waals surface area contributed by atoms with E-state index in [1.807, 2.05) is 0 Å². The number of aliphatic hydroxyl groups is 3. The van der Waals surface area contributed by atoms with Gasteiger partial charge in [-0.1, -0.05) is 62.4 Å². The summed E-state index contributed by atoms with van der Waals surface area (Å²) in [5.41, 5.74) is -7.02. The molecule has 3 aliphatic carbocycles. The van der Waals surface area contributed by atoms with Crippen molar-refractivity contribution in [3.05, 3.63) is 116 Å². The second kappa shape index (κ2) is 17.2. The number of ether oxygens (including phenoxy) is 5. The summed E-state index contributed by atoms with van der Waals surface area (Å²) in [4.78, 5) is 83.7. The van der Waals surface area contributed by atoms with E-state index >= 15 is 4.79 Å². The number of benzene rings is 3. The van der Waals surface area contributed by atoms with Gasteiger partial charge in [0.15, 0.2) is 23.6 Å². The molecule has 0 aromatic heterocycles. The average molecular weight is 980 g/mol. The monoisotopic (exact) mass is 979 g/mol. The first-order valence-corrected chi connectivity index (χ1v) is 21.7. The number of carbonyl (C=O) groups is 6. The highest BCUT2D eigenvalue weighted by Gasteiger charge is 2.78. The molecule has 1 saturated heterocycles. The maximum Gasteiger partial charge on any atom is 0.338 e. The van der Waals surface area contributed by atoms with Crippen LogP contribution in [0.25, 0.3) is 0 Å². The van der Waals surface area contributed by atoms with Gasteiger partial charge in [-0.05, 0) is 89.5 Å². The third kappa shape index (κ3) is 7.87. The van der Waals surface area contributed by atoms with Gasteiger partial charge in [-0.25, -0.2) is 9.59 Å². The van der Waals surface area contributed by atoms with Gasteiger partial charge in [0.2, 0.25) is 0 Å². The lowest BCUT2D eigenvalue weighted by Gasteiger charge is -2.67. The summed E-state index contributed by atoms with van der Waals surface area (Å²) in [5.74, 6) is -6.84. The smallest absolute Gasteiger partial charge is 0.338 e. The van der Waals surface area contributed by atoms with Crippen LogP contribution < -0.4 is 5.32 Å². The Labute approximate surface area is 377 Å². The van der Waals surface area contributed by atoms with Gasteiger partial charge >= 0.3 is 23.9 Å². The second-order valence-electron chi connectivity index (χ2n) is 17.5. The standard InChI is InChI=1S/C47H50INO14/c1-24-31(61-43(57)36(53)35(29-18-13-19-30(48)20-29)49-41(55)27-14-9-7-10-15-27)22-47(58)40(62-42(56)28-16-11-8-12-17-28)38-45(6,32(52)21-33-46(38,23-59-33)63-26(3)51)39(54)37(60-25(2)50)34(24)44(47,4)5/h7-20,31-33,35-38,40,52-53,58H,21-23H2,1-6H3,(H,49,55)/t31-,32-,33+,35-,36+,37+,38-,40-,45+,46-,47+/m0/s1. The van der Waals surface area contributed by atoms with Crippen LogP contribution in [-0.2, 0) is 42.9 Å². The lowest BCUT2D eigenvalue weighted by atomic mass is 9.44. The molecule has 16 heteroatoms. The summed E-state index contributed by atoms with van der Waals surface area (Å²) in [7, 11) is 0. The van der Waals surface area contributed by atoms with Crippen molar-refractivity contribution in [3.63, 3.8) is 0 Å². The lowest BCUT2D eigenvalue weighted by molar-refractivity contribution is -0.346. The number of amides is 1. The van der Waals surface area contributed by atoms with Crippen molar-refractivity contribution in [2.45, 2.75) is 108 Å². The SMILES string of the molecule is CC(=O)O[C@H]1C(=O)[C@@]2(C)[C@H]([C@H](OC(=O)c3ccccc3)[C@]3(O)C[C@H](OC(=O)[C@H](O)[C@@H](NC(=O)c4ccccc4)c4cccc(I)c4)C(C)=C1C3(C)C)[C@]1(OC(C)=O)CO[C@@H]1C[C@@H]2O. The number of hydrogen-bond acceptors (Lipinski definition) is 14. The van der Waals surface area contributed by atoms with Gasteiger partial charge in [-0.3, -0.25) is 19.2 Å². The van der Waals surface area contributed by atoms with Crippen molar-refractivity contribution < 1.29 is 67.8 Å². The molecule has 15 nitrogen and oxygen atoms in total. The third-order valence-electron chi connectivity index (χ3n) is 13.5. The highest BCUT2D eigenvalue weighted by molar-refractivity contribution is 14.1. The van der Waals surface area contributed by atoms with Gasteiger partial charge in [-0.15, -0.1) is 0 Å². The van der Waals surface area contributed by atoms with Crippen LogP contribution in [0.15, 0.2) is 96.1 Å². The molecule has 3 aromatic rings. The third-order valence-corrected chi connectivity index (χ3v) is 14.2. The molecular formula is C47H50INO14. The molecule has 0 spiro atoms. The number of carbonyl (C=O) groups excluding carboxylic acids is 6. The number of hydrogen-bond donors (Lipinski definition) is 4. The van der Waals surface area contributed by atoms with Crippen molar-refractivity contribution in [1.82, 2.24) is 5.32 Å². The van der Waals surface area contributed by atoms with E-state index in [0.717, 1.165) is 17.4 Å². The Hall–Kier alpha value is -5.01. The number of esters is 4. The average Bonchev–Trinajstić information content (AvgIpc) is 3.23. The first-order chi connectivity index (χ1) is 29.7. The van der Waals surface area contributed by atoms with Crippen molar-refractivity contribution >= 4 is 58.2 Å². The molecule has 11 atom stereocenters. The zero-order valence-electron chi connectivity index (χ0n) is 35.5. The van der Waals surface area contributed by atoms with Gasteiger partial charge < -0.3 is 44.3 Å². The molecule has 3 fully saturated rings. The number of halogens is 1. The number of ketones is 1. The van der Waals surface area contributed by atoms with Crippen LogP contribution in [-0.4, -0.2) is 105 Å². The van der Waals surface area contributed by atoms with E-state index in [1.165, 1.54) is 26.0 Å². The summed E-state index contributed by atoms with van der Waals surface area (Å²) < 4.78 is 31.1. The minimum atomic E-state index is -2.39. The predicted molar refractivity (Wildman–Crippen MR) is 230 cm³/mol. The van der Waals surface area contributed by atoms with Crippen molar-refractivity contribution in [2.75, 3.05) is 6.61 Å². The molecule has 1 heterocycles. The van der Waals surface area contributed by atoms with Gasteiger partial charge in [-0.2, -0.15) is 0 Å². The topological polar surface area (TPSA) is 221 Å². The quantitative estimate of drug-likeness (QED) is 0.0962. The fourth-order valence-corrected chi connectivity index (χ4v) is 10.8. The molecule has 4 aliphatic rings. The highest BCUT2D eigenvalue weighted by atomic mass is 127. The summed E-state index contributed by atoms with van der Waals surface area (Å²) in [6, 6.07) is 21.5. The van der Waals surface area contributed by atoms with Crippen LogP contribution in [0.5, 0.6) is 0 Å². The van der Waals surface area contributed by atoms with Crippen molar-refractivity contribution in [3.8, 4) is 0 Å². The summed E-state index contributed by atoms with van der Waals surface area (Å²) in [6.45, 7) is 7.98. The summed E-state index contributed by atoms with van der Waals surface area (Å²) in [5, 5.41) is 40.4. The van der Waals surface area contributed by atoms with Crippen LogP contribution >= 0.6 is 22.6 Å². The molecular weight excluding hydrogens is 929 g/mol.